The predicted octanol–water partition coefficient (Wildman–Crippen LogP) is 5.04. The number of halogens is 2. The highest BCUT2D eigenvalue weighted by Crippen LogP contribution is 2.36. The van der Waals surface area contributed by atoms with Crippen LogP contribution in [0.3, 0.4) is 0 Å². The van der Waals surface area contributed by atoms with Crippen molar-refractivity contribution < 1.29 is 14.0 Å². The van der Waals surface area contributed by atoms with Crippen molar-refractivity contribution in [3.63, 3.8) is 0 Å². The molecule has 0 atom stereocenters. The zero-order chi connectivity index (χ0) is 22.3. The minimum absolute atomic E-state index is 0.0853. The van der Waals surface area contributed by atoms with Gasteiger partial charge in [-0.25, -0.2) is 4.39 Å². The molecule has 0 unspecified atom stereocenters. The molecule has 2 aromatic carbocycles. The third kappa shape index (κ3) is 4.16. The van der Waals surface area contributed by atoms with Gasteiger partial charge in [0, 0.05) is 34.6 Å². The van der Waals surface area contributed by atoms with E-state index < -0.39 is 17.3 Å². The molecule has 1 aromatic heterocycles. The first-order valence-corrected chi connectivity index (χ1v) is 10.2. The second kappa shape index (κ2) is 7.78. The lowest BCUT2D eigenvalue weighted by Crippen LogP contribution is -2.37. The highest BCUT2D eigenvalue weighted by atomic mass is 35.5. The standard InChI is InChI=1S/C24H20ClFN2O3/c1-24(2)11-18-19(20(29)12-24)13-28(17-9-5-15(26)6-10-17)23(31)21(18)22(30)27-16-7-3-14(25)4-8-16/h3-10,13H,11-12H2,1-2H3,(H,27,30). The first-order chi connectivity index (χ1) is 14.6. The number of carbonyl (C=O) groups excluding carboxylic acids is 2. The maximum Gasteiger partial charge on any atom is 0.268 e. The van der Waals surface area contributed by atoms with E-state index >= 15 is 0 Å². The molecule has 1 amide bonds. The van der Waals surface area contributed by atoms with Gasteiger partial charge in [-0.2, -0.15) is 0 Å². The Morgan fingerprint density at radius 3 is 2.32 bits per heavy atom. The van der Waals surface area contributed by atoms with Crippen molar-refractivity contribution in [2.75, 3.05) is 5.32 Å². The van der Waals surface area contributed by atoms with Gasteiger partial charge in [0.2, 0.25) is 0 Å². The summed E-state index contributed by atoms with van der Waals surface area (Å²) < 4.78 is 14.6. The molecule has 1 aliphatic rings. The van der Waals surface area contributed by atoms with Crippen LogP contribution in [-0.4, -0.2) is 16.3 Å². The molecule has 0 fully saturated rings. The van der Waals surface area contributed by atoms with Crippen LogP contribution in [0.5, 0.6) is 0 Å². The number of pyridine rings is 1. The van der Waals surface area contributed by atoms with E-state index in [1.807, 2.05) is 13.8 Å². The highest BCUT2D eigenvalue weighted by molar-refractivity contribution is 6.30. The Balaban J connectivity index is 1.90. The van der Waals surface area contributed by atoms with Gasteiger partial charge in [0.1, 0.15) is 11.4 Å². The van der Waals surface area contributed by atoms with Gasteiger partial charge in [-0.3, -0.25) is 19.0 Å². The molecule has 3 aromatic rings. The molecule has 1 N–H and O–H groups in total. The van der Waals surface area contributed by atoms with E-state index in [4.69, 9.17) is 11.6 Å². The van der Waals surface area contributed by atoms with Crippen molar-refractivity contribution in [3.8, 4) is 5.69 Å². The van der Waals surface area contributed by atoms with Crippen LogP contribution in [0.25, 0.3) is 5.69 Å². The van der Waals surface area contributed by atoms with E-state index in [1.165, 1.54) is 35.0 Å². The molecule has 0 aliphatic heterocycles. The van der Waals surface area contributed by atoms with Crippen molar-refractivity contribution in [2.45, 2.75) is 26.7 Å². The van der Waals surface area contributed by atoms with Crippen LogP contribution < -0.4 is 10.9 Å². The molecule has 4 rings (SSSR count). The number of ketones is 1. The van der Waals surface area contributed by atoms with Gasteiger partial charge in [0.25, 0.3) is 11.5 Å². The van der Waals surface area contributed by atoms with Crippen LogP contribution in [0.4, 0.5) is 10.1 Å². The van der Waals surface area contributed by atoms with Gasteiger partial charge >= 0.3 is 0 Å². The van der Waals surface area contributed by atoms with Crippen LogP contribution in [0.1, 0.15) is 46.5 Å². The zero-order valence-corrected chi connectivity index (χ0v) is 17.8. The Bertz CT molecular complexity index is 1250. The van der Waals surface area contributed by atoms with Crippen molar-refractivity contribution in [3.05, 3.63) is 92.6 Å². The number of rotatable bonds is 3. The van der Waals surface area contributed by atoms with Gasteiger partial charge in [-0.1, -0.05) is 25.4 Å². The third-order valence-electron chi connectivity index (χ3n) is 5.35. The second-order valence-corrected chi connectivity index (χ2v) is 8.89. The highest BCUT2D eigenvalue weighted by Gasteiger charge is 2.36. The minimum atomic E-state index is -0.606. The summed E-state index contributed by atoms with van der Waals surface area (Å²) in [7, 11) is 0. The molecule has 5 nitrogen and oxygen atoms in total. The Hall–Kier alpha value is -3.25. The molecule has 7 heteroatoms. The van der Waals surface area contributed by atoms with Crippen LogP contribution in [-0.2, 0) is 6.42 Å². The lowest BCUT2D eigenvalue weighted by Gasteiger charge is -2.31. The SMILES string of the molecule is CC1(C)CC(=O)c2cn(-c3ccc(F)cc3)c(=O)c(C(=O)Nc3ccc(Cl)cc3)c2C1. The number of nitrogens with one attached hydrogen (secondary N) is 1. The van der Waals surface area contributed by atoms with E-state index in [0.29, 0.717) is 40.4 Å². The Kier molecular flexibility index (Phi) is 5.27. The van der Waals surface area contributed by atoms with E-state index in [-0.39, 0.29) is 16.8 Å². The van der Waals surface area contributed by atoms with E-state index in [0.717, 1.165) is 0 Å². The average Bonchev–Trinajstić information content (AvgIpc) is 2.69. The van der Waals surface area contributed by atoms with Crippen molar-refractivity contribution in [2.24, 2.45) is 5.41 Å². The van der Waals surface area contributed by atoms with Crippen molar-refractivity contribution in [1.82, 2.24) is 4.57 Å². The number of nitrogens with zero attached hydrogens (tertiary/aromatic N) is 1. The topological polar surface area (TPSA) is 68.2 Å². The summed E-state index contributed by atoms with van der Waals surface area (Å²) >= 11 is 5.90. The fraction of sp³-hybridized carbons (Fsp3) is 0.208. The van der Waals surface area contributed by atoms with E-state index in [2.05, 4.69) is 5.32 Å². The van der Waals surface area contributed by atoms with E-state index in [1.54, 1.807) is 24.3 Å². The number of Topliss-reactive ketones (excluding diaryl/α,β-unsaturated/α-hetero) is 1. The van der Waals surface area contributed by atoms with Crippen molar-refractivity contribution in [1.29, 1.82) is 0 Å². The molecule has 0 saturated heterocycles. The number of amides is 1. The second-order valence-electron chi connectivity index (χ2n) is 8.45. The largest absolute Gasteiger partial charge is 0.322 e. The molecule has 1 aliphatic carbocycles. The van der Waals surface area contributed by atoms with Gasteiger partial charge in [0.05, 0.1) is 0 Å². The molecule has 0 bridgehead atoms. The maximum absolute atomic E-state index is 13.4. The number of anilines is 1. The summed E-state index contributed by atoms with van der Waals surface area (Å²) in [5, 5.41) is 3.24. The van der Waals surface area contributed by atoms with Gasteiger partial charge in [0.15, 0.2) is 5.78 Å². The normalized spacial score (nSPS) is 14.8. The number of carbonyl (C=O) groups is 2. The van der Waals surface area contributed by atoms with Gasteiger partial charge < -0.3 is 5.32 Å². The number of aromatic nitrogens is 1. The maximum atomic E-state index is 13.4. The van der Waals surface area contributed by atoms with Crippen LogP contribution in [0.15, 0.2) is 59.5 Å². The lowest BCUT2D eigenvalue weighted by atomic mass is 9.73. The summed E-state index contributed by atoms with van der Waals surface area (Å²) in [4.78, 5) is 39.5. The molecule has 1 heterocycles. The van der Waals surface area contributed by atoms with Gasteiger partial charge in [-0.05, 0) is 65.9 Å². The number of benzene rings is 2. The summed E-state index contributed by atoms with van der Waals surface area (Å²) in [6.45, 7) is 3.86. The smallest absolute Gasteiger partial charge is 0.268 e. The van der Waals surface area contributed by atoms with Crippen LogP contribution >= 0.6 is 11.6 Å². The Morgan fingerprint density at radius 2 is 1.68 bits per heavy atom. The third-order valence-corrected chi connectivity index (χ3v) is 5.60. The Labute approximate surface area is 183 Å². The number of fused-ring (bicyclic) bond motifs is 1. The zero-order valence-electron chi connectivity index (χ0n) is 17.0. The summed E-state index contributed by atoms with van der Waals surface area (Å²) in [5.74, 6) is -1.19. The fourth-order valence-electron chi connectivity index (χ4n) is 3.90. The predicted molar refractivity (Wildman–Crippen MR) is 118 cm³/mol. The van der Waals surface area contributed by atoms with Crippen LogP contribution in [0.2, 0.25) is 5.02 Å². The first kappa shape index (κ1) is 21.0. The molecule has 0 radical (unpaired) electrons. The first-order valence-electron chi connectivity index (χ1n) is 9.79. The summed E-state index contributed by atoms with van der Waals surface area (Å²) in [6.07, 6.45) is 2.18. The van der Waals surface area contributed by atoms with Gasteiger partial charge in [-0.15, -0.1) is 0 Å². The minimum Gasteiger partial charge on any atom is -0.322 e. The molecule has 158 valence electrons. The molecule has 0 saturated carbocycles. The van der Waals surface area contributed by atoms with Crippen molar-refractivity contribution >= 4 is 29.0 Å². The fourth-order valence-corrected chi connectivity index (χ4v) is 4.03. The monoisotopic (exact) mass is 438 g/mol. The lowest BCUT2D eigenvalue weighted by molar-refractivity contribution is 0.0910. The number of hydrogen-bond donors (Lipinski definition) is 1. The number of hydrogen-bond acceptors (Lipinski definition) is 3. The van der Waals surface area contributed by atoms with E-state index in [9.17, 15) is 18.8 Å². The molecule has 0 spiro atoms. The average molecular weight is 439 g/mol. The van der Waals surface area contributed by atoms with Crippen LogP contribution in [0, 0.1) is 11.2 Å². The molecular weight excluding hydrogens is 419 g/mol. The molecular formula is C24H20ClFN2O3. The molecule has 31 heavy (non-hydrogen) atoms. The summed E-state index contributed by atoms with van der Waals surface area (Å²) in [6, 6.07) is 11.8. The summed E-state index contributed by atoms with van der Waals surface area (Å²) in [5.41, 5.74) is 0.586. The Morgan fingerprint density at radius 1 is 1.03 bits per heavy atom. The quantitative estimate of drug-likeness (QED) is 0.623.